The van der Waals surface area contributed by atoms with E-state index in [1.807, 2.05) is 0 Å². The fourth-order valence-corrected chi connectivity index (χ4v) is 4.63. The van der Waals surface area contributed by atoms with Gasteiger partial charge in [0.25, 0.3) is 0 Å². The minimum Gasteiger partial charge on any atom is -0.359 e. The van der Waals surface area contributed by atoms with Gasteiger partial charge in [0, 0.05) is 31.7 Å². The van der Waals surface area contributed by atoms with Crippen molar-refractivity contribution in [3.8, 4) is 0 Å². The topological polar surface area (TPSA) is 61.8 Å². The summed E-state index contributed by atoms with van der Waals surface area (Å²) in [5.41, 5.74) is -0.162. The normalized spacial score (nSPS) is 32.6. The summed E-state index contributed by atoms with van der Waals surface area (Å²) in [6.45, 7) is 0. The monoisotopic (exact) mass is 347 g/mol. The Morgan fingerprint density at radius 1 is 1.20 bits per heavy atom. The van der Waals surface area contributed by atoms with Crippen LogP contribution in [0.25, 0.3) is 0 Å². The molecule has 4 aliphatic rings. The first kappa shape index (κ1) is 16.2. The van der Waals surface area contributed by atoms with E-state index in [1.54, 1.807) is 13.3 Å². The lowest BCUT2D eigenvalue weighted by molar-refractivity contribution is -0.148. The van der Waals surface area contributed by atoms with Gasteiger partial charge in [-0.25, -0.2) is 13.8 Å². The summed E-state index contributed by atoms with van der Waals surface area (Å²) in [5, 5.41) is 8.19. The molecule has 2 bridgehead atoms. The molecule has 5 nitrogen and oxygen atoms in total. The molecule has 2 amide bonds. The largest absolute Gasteiger partial charge is 0.359 e. The number of benzene rings is 1. The molecule has 3 saturated carbocycles. The van der Waals surface area contributed by atoms with Crippen molar-refractivity contribution in [1.29, 1.82) is 0 Å². The highest BCUT2D eigenvalue weighted by Crippen LogP contribution is 2.63. The fraction of sp³-hybridized carbons (Fsp3) is 0.500. The Hall–Kier alpha value is -2.31. The Morgan fingerprint density at radius 2 is 1.88 bits per heavy atom. The number of halogens is 2. The second-order valence-electron chi connectivity index (χ2n) is 7.28. The molecule has 3 fully saturated rings. The van der Waals surface area contributed by atoms with Gasteiger partial charge in [-0.15, -0.1) is 0 Å². The molecule has 1 aromatic carbocycles. The molecule has 2 unspecified atom stereocenters. The Labute approximate surface area is 144 Å². The molecule has 1 aliphatic heterocycles. The van der Waals surface area contributed by atoms with E-state index < -0.39 is 23.1 Å². The van der Waals surface area contributed by atoms with Crippen molar-refractivity contribution >= 4 is 18.0 Å². The molecule has 0 aromatic heterocycles. The van der Waals surface area contributed by atoms with Gasteiger partial charge in [0.15, 0.2) is 0 Å². The highest BCUT2D eigenvalue weighted by atomic mass is 19.1. The first-order chi connectivity index (χ1) is 11.9. The summed E-state index contributed by atoms with van der Waals surface area (Å²) in [6, 6.07) is 2.80. The minimum atomic E-state index is -0.670. The van der Waals surface area contributed by atoms with Gasteiger partial charge in [0.2, 0.25) is 11.8 Å². The maximum atomic E-state index is 13.5. The van der Waals surface area contributed by atoms with E-state index in [0.29, 0.717) is 31.2 Å². The summed E-state index contributed by atoms with van der Waals surface area (Å²) < 4.78 is 27.1. The summed E-state index contributed by atoms with van der Waals surface area (Å²) in [6.07, 6.45) is 3.91. The molecule has 5 rings (SSSR count). The first-order valence-corrected chi connectivity index (χ1v) is 8.47. The molecule has 1 N–H and O–H groups in total. The third-order valence-electron chi connectivity index (χ3n) is 5.83. The highest BCUT2D eigenvalue weighted by Gasteiger charge is 2.63. The van der Waals surface area contributed by atoms with Crippen LogP contribution in [0.1, 0.15) is 37.3 Å². The van der Waals surface area contributed by atoms with E-state index in [4.69, 9.17) is 0 Å². The zero-order valence-electron chi connectivity index (χ0n) is 13.8. The number of nitrogens with one attached hydrogen (secondary N) is 1. The van der Waals surface area contributed by atoms with Crippen LogP contribution in [0, 0.1) is 28.9 Å². The van der Waals surface area contributed by atoms with Crippen molar-refractivity contribution in [2.24, 2.45) is 22.4 Å². The molecule has 7 heteroatoms. The minimum absolute atomic E-state index is 0.0224. The number of fused-ring (bicyclic) bond motifs is 1. The highest BCUT2D eigenvalue weighted by molar-refractivity contribution is 5.89. The van der Waals surface area contributed by atoms with Gasteiger partial charge in [-0.3, -0.25) is 9.59 Å². The Kier molecular flexibility index (Phi) is 3.63. The predicted molar refractivity (Wildman–Crippen MR) is 86.4 cm³/mol. The van der Waals surface area contributed by atoms with Crippen LogP contribution in [0.2, 0.25) is 0 Å². The molecule has 2 atom stereocenters. The van der Waals surface area contributed by atoms with Crippen molar-refractivity contribution in [2.45, 2.75) is 31.7 Å². The van der Waals surface area contributed by atoms with E-state index in [1.165, 1.54) is 17.1 Å². The molecule has 0 radical (unpaired) electrons. The van der Waals surface area contributed by atoms with Crippen LogP contribution >= 0.6 is 0 Å². The van der Waals surface area contributed by atoms with Crippen LogP contribution in [-0.2, 0) is 9.59 Å². The van der Waals surface area contributed by atoms with E-state index in [0.717, 1.165) is 6.07 Å². The number of nitrogens with zero attached hydrogens (tertiary/aromatic N) is 2. The van der Waals surface area contributed by atoms with Crippen LogP contribution in [-0.4, -0.2) is 30.1 Å². The number of hydrogen-bond donors (Lipinski definition) is 1. The Balaban J connectivity index is 1.56. The van der Waals surface area contributed by atoms with Crippen molar-refractivity contribution in [2.75, 3.05) is 7.05 Å². The third-order valence-corrected chi connectivity index (χ3v) is 5.83. The molecule has 132 valence electrons. The van der Waals surface area contributed by atoms with Gasteiger partial charge < -0.3 is 5.32 Å². The van der Waals surface area contributed by atoms with Crippen LogP contribution in [0.5, 0.6) is 0 Å². The summed E-state index contributed by atoms with van der Waals surface area (Å²) in [4.78, 5) is 25.1. The molecule has 25 heavy (non-hydrogen) atoms. The molecule has 0 saturated heterocycles. The van der Waals surface area contributed by atoms with Gasteiger partial charge >= 0.3 is 0 Å². The molecule has 3 aliphatic carbocycles. The molecule has 1 aromatic rings. The lowest BCUT2D eigenvalue weighted by Crippen LogP contribution is -2.45. The van der Waals surface area contributed by atoms with Gasteiger partial charge in [-0.1, -0.05) is 0 Å². The number of carbonyl (C=O) groups is 2. The van der Waals surface area contributed by atoms with Crippen molar-refractivity contribution in [3.05, 3.63) is 35.4 Å². The number of hydrazone groups is 1. The van der Waals surface area contributed by atoms with Crippen molar-refractivity contribution in [1.82, 2.24) is 10.3 Å². The van der Waals surface area contributed by atoms with Crippen LogP contribution < -0.4 is 5.32 Å². The number of amides is 2. The van der Waals surface area contributed by atoms with E-state index in [-0.39, 0.29) is 23.7 Å². The molecule has 0 spiro atoms. The van der Waals surface area contributed by atoms with E-state index >= 15 is 0 Å². The van der Waals surface area contributed by atoms with Crippen molar-refractivity contribution < 1.29 is 18.4 Å². The molecular formula is C18H19F2N3O2. The molecular weight excluding hydrogens is 328 g/mol. The Bertz CT molecular complexity index is 753. The van der Waals surface area contributed by atoms with Crippen LogP contribution in [0.15, 0.2) is 23.3 Å². The third kappa shape index (κ3) is 2.44. The predicted octanol–water partition coefficient (Wildman–Crippen LogP) is 2.39. The number of carbonyl (C=O) groups excluding carboxylic acids is 2. The molecule has 1 heterocycles. The maximum absolute atomic E-state index is 13.5. The van der Waals surface area contributed by atoms with E-state index in [2.05, 4.69) is 10.4 Å². The summed E-state index contributed by atoms with van der Waals surface area (Å²) in [7, 11) is 1.60. The van der Waals surface area contributed by atoms with Crippen LogP contribution in [0.3, 0.4) is 0 Å². The van der Waals surface area contributed by atoms with Gasteiger partial charge in [0.05, 0.1) is 11.5 Å². The maximum Gasteiger partial charge on any atom is 0.249 e. The summed E-state index contributed by atoms with van der Waals surface area (Å²) >= 11 is 0. The zero-order chi connectivity index (χ0) is 17.8. The van der Waals surface area contributed by atoms with Gasteiger partial charge in [0.1, 0.15) is 11.6 Å². The zero-order valence-corrected chi connectivity index (χ0v) is 13.8. The Morgan fingerprint density at radius 3 is 2.52 bits per heavy atom. The van der Waals surface area contributed by atoms with Gasteiger partial charge in [-0.2, -0.15) is 5.10 Å². The standard InChI is InChI=1S/C18H19F2N3O2/c1-21-16(24)14-9-18(7-11(14)8-18)17(25)23-15(2-3-22-23)10-4-12(19)6-13(20)5-10/h3-6,11,14-15H,2,7-9H2,1H3,(H,21,24). The van der Waals surface area contributed by atoms with Crippen LogP contribution in [0.4, 0.5) is 8.78 Å². The number of rotatable bonds is 3. The van der Waals surface area contributed by atoms with Gasteiger partial charge in [-0.05, 0) is 42.9 Å². The average Bonchev–Trinajstić information content (AvgIpc) is 3.24. The van der Waals surface area contributed by atoms with E-state index in [9.17, 15) is 18.4 Å². The summed E-state index contributed by atoms with van der Waals surface area (Å²) in [5.74, 6) is -1.40. The van der Waals surface area contributed by atoms with Crippen molar-refractivity contribution in [3.63, 3.8) is 0 Å². The SMILES string of the molecule is CNC(=O)C1CC2(C(=O)N3N=CCC3c3cc(F)cc(F)c3)CC1C2. The number of hydrogen-bond acceptors (Lipinski definition) is 3. The second-order valence-corrected chi connectivity index (χ2v) is 7.28. The lowest BCUT2D eigenvalue weighted by Gasteiger charge is -2.40. The fourth-order valence-electron chi connectivity index (χ4n) is 4.63. The quantitative estimate of drug-likeness (QED) is 0.913. The smallest absolute Gasteiger partial charge is 0.249 e. The lowest BCUT2D eigenvalue weighted by atomic mass is 9.68. The first-order valence-electron chi connectivity index (χ1n) is 8.47. The average molecular weight is 347 g/mol. The second kappa shape index (κ2) is 5.61.